The zero-order valence-corrected chi connectivity index (χ0v) is 13.9. The van der Waals surface area contributed by atoms with E-state index in [9.17, 15) is 0 Å². The fourth-order valence-electron chi connectivity index (χ4n) is 1.75. The normalized spacial score (nSPS) is 10.7. The fourth-order valence-corrected chi connectivity index (χ4v) is 2.46. The van der Waals surface area contributed by atoms with Crippen LogP contribution >= 0.6 is 22.6 Å². The van der Waals surface area contributed by atoms with Gasteiger partial charge in [-0.15, -0.1) is 0 Å². The molecular formula is C14H24IN3. The zero-order chi connectivity index (χ0) is 13.4. The van der Waals surface area contributed by atoms with Crippen LogP contribution in [0.15, 0.2) is 0 Å². The topological polar surface area (TPSA) is 37.8 Å². The predicted molar refractivity (Wildman–Crippen MR) is 86.1 cm³/mol. The maximum atomic E-state index is 4.71. The molecule has 0 unspecified atom stereocenters. The monoisotopic (exact) mass is 361 g/mol. The zero-order valence-electron chi connectivity index (χ0n) is 11.7. The van der Waals surface area contributed by atoms with E-state index >= 15 is 0 Å². The first-order chi connectivity index (χ1) is 8.72. The molecule has 4 heteroatoms. The maximum absolute atomic E-state index is 4.71. The smallest absolute Gasteiger partial charge is 0.143 e. The van der Waals surface area contributed by atoms with Crippen molar-refractivity contribution in [1.82, 2.24) is 9.97 Å². The lowest BCUT2D eigenvalue weighted by molar-refractivity contribution is 0.735. The van der Waals surface area contributed by atoms with Gasteiger partial charge in [-0.25, -0.2) is 9.97 Å². The van der Waals surface area contributed by atoms with Crippen LogP contribution in [-0.4, -0.2) is 16.5 Å². The second-order valence-electron chi connectivity index (χ2n) is 4.53. The van der Waals surface area contributed by atoms with Crippen molar-refractivity contribution < 1.29 is 0 Å². The van der Waals surface area contributed by atoms with Crippen LogP contribution in [-0.2, 0) is 12.8 Å². The molecule has 0 saturated heterocycles. The van der Waals surface area contributed by atoms with Gasteiger partial charge in [0, 0.05) is 13.0 Å². The van der Waals surface area contributed by atoms with E-state index < -0.39 is 0 Å². The van der Waals surface area contributed by atoms with Crippen LogP contribution in [0.5, 0.6) is 0 Å². The molecule has 0 radical (unpaired) electrons. The Balaban J connectivity index is 2.94. The summed E-state index contributed by atoms with van der Waals surface area (Å²) in [5.74, 6) is 2.03. The summed E-state index contributed by atoms with van der Waals surface area (Å²) in [5.41, 5.74) is 1.21. The van der Waals surface area contributed by atoms with Crippen LogP contribution < -0.4 is 5.32 Å². The minimum absolute atomic E-state index is 0.978. The molecule has 0 saturated carbocycles. The number of unbranched alkanes of at least 4 members (excludes halogenated alkanes) is 1. The summed E-state index contributed by atoms with van der Waals surface area (Å²) in [4.78, 5) is 9.37. The van der Waals surface area contributed by atoms with Gasteiger partial charge in [-0.2, -0.15) is 0 Å². The van der Waals surface area contributed by atoms with Crippen molar-refractivity contribution in [3.05, 3.63) is 15.1 Å². The Kier molecular flexibility index (Phi) is 7.54. The largest absolute Gasteiger partial charge is 0.369 e. The molecule has 0 bridgehead atoms. The van der Waals surface area contributed by atoms with E-state index in [0.29, 0.717) is 0 Å². The van der Waals surface area contributed by atoms with E-state index in [1.807, 2.05) is 0 Å². The van der Waals surface area contributed by atoms with Crippen molar-refractivity contribution in [3.8, 4) is 0 Å². The fraction of sp³-hybridized carbons (Fsp3) is 0.714. The van der Waals surface area contributed by atoms with Gasteiger partial charge in [0.1, 0.15) is 11.6 Å². The summed E-state index contributed by atoms with van der Waals surface area (Å²) in [6.07, 6.45) is 6.64. The number of anilines is 1. The molecule has 1 aromatic rings. The highest BCUT2D eigenvalue weighted by atomic mass is 127. The Bertz CT molecular complexity index is 366. The van der Waals surface area contributed by atoms with Crippen molar-refractivity contribution in [2.24, 2.45) is 0 Å². The van der Waals surface area contributed by atoms with E-state index in [4.69, 9.17) is 4.98 Å². The molecule has 0 aliphatic rings. The van der Waals surface area contributed by atoms with Gasteiger partial charge in [0.2, 0.25) is 0 Å². The number of aryl methyl sites for hydroxylation is 2. The van der Waals surface area contributed by atoms with E-state index in [0.717, 1.165) is 43.9 Å². The van der Waals surface area contributed by atoms with E-state index in [1.54, 1.807) is 0 Å². The maximum Gasteiger partial charge on any atom is 0.143 e. The lowest BCUT2D eigenvalue weighted by atomic mass is 10.2. The van der Waals surface area contributed by atoms with Crippen molar-refractivity contribution in [2.45, 2.75) is 59.3 Å². The Morgan fingerprint density at radius 3 is 2.39 bits per heavy atom. The van der Waals surface area contributed by atoms with Crippen LogP contribution in [0.1, 0.15) is 58.0 Å². The third-order valence-electron chi connectivity index (χ3n) is 2.75. The van der Waals surface area contributed by atoms with E-state index in [1.165, 1.54) is 22.1 Å². The standard InChI is InChI=1S/C14H24IN3/c1-4-7-9-12-17-11(8-5-2)13(15)14(18-12)16-10-6-3/h4-10H2,1-3H3,(H,16,17,18). The van der Waals surface area contributed by atoms with Gasteiger partial charge in [0.15, 0.2) is 0 Å². The van der Waals surface area contributed by atoms with Gasteiger partial charge >= 0.3 is 0 Å². The van der Waals surface area contributed by atoms with E-state index in [-0.39, 0.29) is 0 Å². The van der Waals surface area contributed by atoms with Crippen LogP contribution in [0.2, 0.25) is 0 Å². The molecule has 1 rings (SSSR count). The second kappa shape index (κ2) is 8.67. The second-order valence-corrected chi connectivity index (χ2v) is 5.61. The van der Waals surface area contributed by atoms with Crippen LogP contribution in [0.3, 0.4) is 0 Å². The molecule has 18 heavy (non-hydrogen) atoms. The van der Waals surface area contributed by atoms with Crippen molar-refractivity contribution in [3.63, 3.8) is 0 Å². The van der Waals surface area contributed by atoms with Crippen LogP contribution in [0.4, 0.5) is 5.82 Å². The molecule has 3 nitrogen and oxygen atoms in total. The average molecular weight is 361 g/mol. The molecule has 0 aromatic carbocycles. The lowest BCUT2D eigenvalue weighted by Crippen LogP contribution is -2.10. The molecule has 0 aliphatic heterocycles. The van der Waals surface area contributed by atoms with Crippen LogP contribution in [0.25, 0.3) is 0 Å². The first-order valence-electron chi connectivity index (χ1n) is 7.02. The van der Waals surface area contributed by atoms with Crippen molar-refractivity contribution in [2.75, 3.05) is 11.9 Å². The minimum Gasteiger partial charge on any atom is -0.369 e. The number of rotatable bonds is 8. The summed E-state index contributed by atoms with van der Waals surface area (Å²) >= 11 is 2.37. The van der Waals surface area contributed by atoms with Crippen molar-refractivity contribution >= 4 is 28.4 Å². The van der Waals surface area contributed by atoms with Gasteiger partial charge in [-0.1, -0.05) is 33.6 Å². The summed E-state index contributed by atoms with van der Waals surface area (Å²) in [6.45, 7) is 7.55. The van der Waals surface area contributed by atoms with Gasteiger partial charge in [0.05, 0.1) is 9.26 Å². The Morgan fingerprint density at radius 1 is 1.00 bits per heavy atom. The highest BCUT2D eigenvalue weighted by Gasteiger charge is 2.11. The molecule has 102 valence electrons. The van der Waals surface area contributed by atoms with E-state index in [2.05, 4.69) is 53.7 Å². The number of hydrogen-bond donors (Lipinski definition) is 1. The molecule has 0 atom stereocenters. The molecule has 1 aromatic heterocycles. The number of halogens is 1. The van der Waals surface area contributed by atoms with Gasteiger partial charge in [-0.05, 0) is 41.9 Å². The molecule has 0 spiro atoms. The minimum atomic E-state index is 0.978. The molecule has 1 heterocycles. The quantitative estimate of drug-likeness (QED) is 0.706. The van der Waals surface area contributed by atoms with Gasteiger partial charge < -0.3 is 5.32 Å². The summed E-state index contributed by atoms with van der Waals surface area (Å²) in [5, 5.41) is 3.42. The molecule has 0 aliphatic carbocycles. The Labute approximate surface area is 124 Å². The Morgan fingerprint density at radius 2 is 1.78 bits per heavy atom. The Hall–Kier alpha value is -0.390. The number of nitrogens with one attached hydrogen (secondary N) is 1. The summed E-state index contributed by atoms with van der Waals surface area (Å²) in [7, 11) is 0. The number of aromatic nitrogens is 2. The predicted octanol–water partition coefficient (Wildman–Crippen LogP) is 4.20. The molecule has 0 amide bonds. The van der Waals surface area contributed by atoms with Gasteiger partial charge in [0.25, 0.3) is 0 Å². The van der Waals surface area contributed by atoms with Crippen molar-refractivity contribution in [1.29, 1.82) is 0 Å². The third kappa shape index (κ3) is 4.71. The third-order valence-corrected chi connectivity index (χ3v) is 3.88. The van der Waals surface area contributed by atoms with Crippen LogP contribution in [0, 0.1) is 3.57 Å². The lowest BCUT2D eigenvalue weighted by Gasteiger charge is -2.12. The number of nitrogens with zero attached hydrogens (tertiary/aromatic N) is 2. The highest BCUT2D eigenvalue weighted by Crippen LogP contribution is 2.21. The summed E-state index contributed by atoms with van der Waals surface area (Å²) in [6, 6.07) is 0. The average Bonchev–Trinajstić information content (AvgIpc) is 2.38. The van der Waals surface area contributed by atoms with Gasteiger partial charge in [-0.3, -0.25) is 0 Å². The number of hydrogen-bond acceptors (Lipinski definition) is 3. The molecule has 0 fully saturated rings. The first kappa shape index (κ1) is 15.7. The summed E-state index contributed by atoms with van der Waals surface area (Å²) < 4.78 is 1.20. The highest BCUT2D eigenvalue weighted by molar-refractivity contribution is 14.1. The molecule has 1 N–H and O–H groups in total. The SMILES string of the molecule is CCCCc1nc(CCC)c(I)c(NCCC)n1. The molecular weight excluding hydrogens is 337 g/mol. The first-order valence-corrected chi connectivity index (χ1v) is 8.09.